The van der Waals surface area contributed by atoms with Crippen LogP contribution >= 0.6 is 27.5 Å². The topological polar surface area (TPSA) is 68.0 Å². The molecule has 1 amide bonds. The molecule has 0 fully saturated rings. The molecule has 0 atom stereocenters. The number of amides is 1. The van der Waals surface area contributed by atoms with Crippen LogP contribution in [-0.4, -0.2) is 16.0 Å². The number of halogens is 2. The summed E-state index contributed by atoms with van der Waals surface area (Å²) < 4.78 is 5.87. The Kier molecular flexibility index (Phi) is 4.73. The van der Waals surface area contributed by atoms with Gasteiger partial charge in [-0.2, -0.15) is 4.98 Å². The van der Waals surface area contributed by atoms with E-state index in [0.717, 1.165) is 4.47 Å². The smallest absolute Gasteiger partial charge is 0.252 e. The molecule has 0 unspecified atom stereocenters. The first-order valence-corrected chi connectivity index (χ1v) is 7.92. The number of hydrogen-bond acceptors (Lipinski definition) is 4. The van der Waals surface area contributed by atoms with E-state index in [2.05, 4.69) is 31.4 Å². The fraction of sp³-hybridized carbons (Fsp3) is 0.0625. The summed E-state index contributed by atoms with van der Waals surface area (Å²) >= 11 is 9.44. The number of hydrogen-bond donors (Lipinski definition) is 1. The van der Waals surface area contributed by atoms with Crippen LogP contribution in [0.4, 0.5) is 0 Å². The average Bonchev–Trinajstić information content (AvgIpc) is 3.02. The van der Waals surface area contributed by atoms with Crippen molar-refractivity contribution in [1.82, 2.24) is 15.5 Å². The zero-order valence-corrected chi connectivity index (χ0v) is 14.1. The Morgan fingerprint density at radius 1 is 1.17 bits per heavy atom. The molecule has 23 heavy (non-hydrogen) atoms. The van der Waals surface area contributed by atoms with Gasteiger partial charge in [0.15, 0.2) is 0 Å². The maximum Gasteiger partial charge on any atom is 0.252 e. The minimum absolute atomic E-state index is 0.137. The third kappa shape index (κ3) is 3.60. The molecule has 3 rings (SSSR count). The average molecular weight is 393 g/mol. The van der Waals surface area contributed by atoms with Gasteiger partial charge >= 0.3 is 0 Å². The van der Waals surface area contributed by atoms with Crippen molar-refractivity contribution in [2.24, 2.45) is 0 Å². The molecule has 0 aliphatic rings. The van der Waals surface area contributed by atoms with Gasteiger partial charge < -0.3 is 9.84 Å². The van der Waals surface area contributed by atoms with Gasteiger partial charge in [-0.15, -0.1) is 0 Å². The van der Waals surface area contributed by atoms with Crippen molar-refractivity contribution in [1.29, 1.82) is 0 Å². The lowest BCUT2D eigenvalue weighted by atomic mass is 10.2. The highest BCUT2D eigenvalue weighted by Gasteiger charge is 2.13. The summed E-state index contributed by atoms with van der Waals surface area (Å²) in [6.45, 7) is 0.137. The highest BCUT2D eigenvalue weighted by atomic mass is 79.9. The first-order chi connectivity index (χ1) is 11.1. The molecular weight excluding hydrogens is 382 g/mol. The highest BCUT2D eigenvalue weighted by Crippen LogP contribution is 2.24. The third-order valence-corrected chi connectivity index (χ3v) is 4.12. The van der Waals surface area contributed by atoms with E-state index < -0.39 is 0 Å². The normalized spacial score (nSPS) is 10.5. The number of carbonyl (C=O) groups is 1. The van der Waals surface area contributed by atoms with Crippen molar-refractivity contribution in [3.8, 4) is 11.4 Å². The highest BCUT2D eigenvalue weighted by molar-refractivity contribution is 9.10. The van der Waals surface area contributed by atoms with Crippen LogP contribution in [0, 0.1) is 0 Å². The lowest BCUT2D eigenvalue weighted by Gasteiger charge is -2.04. The Morgan fingerprint density at radius 3 is 2.70 bits per heavy atom. The van der Waals surface area contributed by atoms with E-state index in [1.54, 1.807) is 30.3 Å². The molecule has 7 heteroatoms. The summed E-state index contributed by atoms with van der Waals surface area (Å²) in [6, 6.07) is 14.4. The fourth-order valence-electron chi connectivity index (χ4n) is 1.98. The number of benzene rings is 2. The molecule has 0 radical (unpaired) electrons. The van der Waals surface area contributed by atoms with Crippen LogP contribution < -0.4 is 5.32 Å². The molecule has 0 saturated heterocycles. The van der Waals surface area contributed by atoms with Crippen molar-refractivity contribution < 1.29 is 9.32 Å². The molecule has 0 aliphatic heterocycles. The van der Waals surface area contributed by atoms with E-state index in [1.807, 2.05) is 18.2 Å². The van der Waals surface area contributed by atoms with E-state index in [9.17, 15) is 4.79 Å². The first kappa shape index (κ1) is 15.7. The predicted octanol–water partition coefficient (Wildman–Crippen LogP) is 4.08. The Labute approximate surface area is 145 Å². The van der Waals surface area contributed by atoms with Crippen LogP contribution in [0.1, 0.15) is 16.2 Å². The van der Waals surface area contributed by atoms with Crippen LogP contribution in [0.5, 0.6) is 0 Å². The van der Waals surface area contributed by atoms with Gasteiger partial charge in [-0.1, -0.05) is 41.0 Å². The molecular formula is C16H11BrClN3O2. The Bertz CT molecular complexity index is 851. The molecule has 0 saturated carbocycles. The second-order valence-corrected chi connectivity index (χ2v) is 5.92. The van der Waals surface area contributed by atoms with Crippen LogP contribution in [0.25, 0.3) is 11.4 Å². The number of nitrogens with zero attached hydrogens (tertiary/aromatic N) is 2. The lowest BCUT2D eigenvalue weighted by Crippen LogP contribution is -2.23. The first-order valence-electron chi connectivity index (χ1n) is 6.75. The number of aromatic nitrogens is 2. The van der Waals surface area contributed by atoms with E-state index in [1.165, 1.54) is 0 Å². The van der Waals surface area contributed by atoms with Gasteiger partial charge in [-0.3, -0.25) is 4.79 Å². The molecule has 0 aliphatic carbocycles. The van der Waals surface area contributed by atoms with E-state index in [0.29, 0.717) is 27.9 Å². The van der Waals surface area contributed by atoms with Gasteiger partial charge in [0, 0.05) is 10.0 Å². The molecule has 0 spiro atoms. The monoisotopic (exact) mass is 391 g/mol. The van der Waals surface area contributed by atoms with Gasteiger partial charge in [-0.25, -0.2) is 0 Å². The number of rotatable bonds is 4. The molecule has 0 bridgehead atoms. The molecule has 5 nitrogen and oxygen atoms in total. The molecule has 3 aromatic rings. The minimum atomic E-state index is -0.227. The van der Waals surface area contributed by atoms with Gasteiger partial charge in [0.1, 0.15) is 0 Å². The molecule has 1 heterocycles. The van der Waals surface area contributed by atoms with Crippen LogP contribution in [0.2, 0.25) is 5.02 Å². The van der Waals surface area contributed by atoms with Crippen molar-refractivity contribution in [2.75, 3.05) is 0 Å². The summed E-state index contributed by atoms with van der Waals surface area (Å²) in [5.74, 6) is 0.469. The second kappa shape index (κ2) is 6.93. The van der Waals surface area contributed by atoms with Crippen molar-refractivity contribution in [3.05, 3.63) is 69.5 Å². The van der Waals surface area contributed by atoms with Gasteiger partial charge in [0.2, 0.25) is 11.7 Å². The van der Waals surface area contributed by atoms with Gasteiger partial charge in [0.25, 0.3) is 5.91 Å². The maximum atomic E-state index is 12.1. The summed E-state index contributed by atoms with van der Waals surface area (Å²) in [7, 11) is 0. The lowest BCUT2D eigenvalue weighted by molar-refractivity contribution is 0.0945. The van der Waals surface area contributed by atoms with E-state index >= 15 is 0 Å². The second-order valence-electron chi connectivity index (χ2n) is 4.65. The quantitative estimate of drug-likeness (QED) is 0.726. The zero-order chi connectivity index (χ0) is 16.2. The molecule has 116 valence electrons. The molecule has 1 N–H and O–H groups in total. The Balaban J connectivity index is 1.70. The summed E-state index contributed by atoms with van der Waals surface area (Å²) in [4.78, 5) is 16.4. The summed E-state index contributed by atoms with van der Waals surface area (Å²) in [5, 5.41) is 7.16. The largest absolute Gasteiger partial charge is 0.343 e. The van der Waals surface area contributed by atoms with Crippen molar-refractivity contribution in [3.63, 3.8) is 0 Å². The van der Waals surface area contributed by atoms with Crippen LogP contribution in [-0.2, 0) is 6.54 Å². The summed E-state index contributed by atoms with van der Waals surface area (Å²) in [5.41, 5.74) is 1.22. The van der Waals surface area contributed by atoms with Crippen LogP contribution in [0.15, 0.2) is 57.5 Å². The van der Waals surface area contributed by atoms with E-state index in [-0.39, 0.29) is 12.5 Å². The van der Waals surface area contributed by atoms with E-state index in [4.69, 9.17) is 16.1 Å². The van der Waals surface area contributed by atoms with Crippen molar-refractivity contribution >= 4 is 33.4 Å². The van der Waals surface area contributed by atoms with Gasteiger partial charge in [-0.05, 0) is 40.2 Å². The number of nitrogens with one attached hydrogen (secondary N) is 1. The molecule has 2 aromatic carbocycles. The van der Waals surface area contributed by atoms with Gasteiger partial charge in [0.05, 0.1) is 17.1 Å². The summed E-state index contributed by atoms with van der Waals surface area (Å²) in [6.07, 6.45) is 0. The fourth-order valence-corrected chi connectivity index (χ4v) is 2.66. The maximum absolute atomic E-state index is 12.1. The van der Waals surface area contributed by atoms with Crippen LogP contribution in [0.3, 0.4) is 0 Å². The third-order valence-electron chi connectivity index (χ3n) is 3.10. The van der Waals surface area contributed by atoms with Crippen molar-refractivity contribution in [2.45, 2.75) is 6.54 Å². The zero-order valence-electron chi connectivity index (χ0n) is 11.8. The predicted molar refractivity (Wildman–Crippen MR) is 90.1 cm³/mol. The Morgan fingerprint density at radius 2 is 1.91 bits per heavy atom. The number of carbonyl (C=O) groups excluding carboxylic acids is 1. The molecule has 1 aromatic heterocycles. The Hall–Kier alpha value is -2.18. The standard InChI is InChI=1S/C16H11BrClN3O2/c17-12-7-3-1-5-10(12)16(22)19-9-14-20-15(21-23-14)11-6-2-4-8-13(11)18/h1-8H,9H2,(H,19,22). The minimum Gasteiger partial charge on any atom is -0.343 e. The SMILES string of the molecule is O=C(NCc1nc(-c2ccccc2Cl)no1)c1ccccc1Br.